The highest BCUT2D eigenvalue weighted by atomic mass is 15.2. The average Bonchev–Trinajstić information content (AvgIpc) is 2.47. The quantitative estimate of drug-likeness (QED) is 0.461. The van der Waals surface area contributed by atoms with Gasteiger partial charge in [0, 0.05) is 39.9 Å². The van der Waals surface area contributed by atoms with Gasteiger partial charge in [-0.15, -0.1) is 0 Å². The highest BCUT2D eigenvalue weighted by molar-refractivity contribution is 5.79. The van der Waals surface area contributed by atoms with E-state index in [0.29, 0.717) is 0 Å². The van der Waals surface area contributed by atoms with Crippen LogP contribution in [0.5, 0.6) is 0 Å². The minimum Gasteiger partial charge on any atom is -0.378 e. The molecule has 0 radical (unpaired) electrons. The van der Waals surface area contributed by atoms with E-state index in [4.69, 9.17) is 0 Å². The number of nitrogens with one attached hydrogen (secondary N) is 2. The molecule has 1 rings (SSSR count). The maximum atomic E-state index is 4.26. The Morgan fingerprint density at radius 1 is 1.19 bits per heavy atom. The van der Waals surface area contributed by atoms with Crippen molar-refractivity contribution in [1.82, 2.24) is 10.6 Å². The summed E-state index contributed by atoms with van der Waals surface area (Å²) in [6.07, 6.45) is 3.69. The van der Waals surface area contributed by atoms with Crippen LogP contribution in [0.3, 0.4) is 0 Å². The highest BCUT2D eigenvalue weighted by Gasteiger charge is 2.03. The van der Waals surface area contributed by atoms with Crippen LogP contribution in [0.2, 0.25) is 0 Å². The molecular weight excluding hydrogens is 260 g/mol. The van der Waals surface area contributed by atoms with Crippen molar-refractivity contribution in [2.75, 3.05) is 32.6 Å². The fourth-order valence-corrected chi connectivity index (χ4v) is 2.14. The second-order valence-corrected chi connectivity index (χ2v) is 5.56. The minimum absolute atomic E-state index is 0.799. The first-order chi connectivity index (χ1) is 10.1. The number of guanidine groups is 1. The lowest BCUT2D eigenvalue weighted by atomic mass is 10.1. The van der Waals surface area contributed by atoms with Crippen LogP contribution in [0.15, 0.2) is 23.2 Å². The SMILES string of the molecule is CCCCCNC(=NC)NCc1ccc(N(C)C)cc1C. The molecule has 21 heavy (non-hydrogen) atoms. The van der Waals surface area contributed by atoms with Gasteiger partial charge in [-0.25, -0.2) is 0 Å². The van der Waals surface area contributed by atoms with Crippen molar-refractivity contribution < 1.29 is 0 Å². The number of benzene rings is 1. The Labute approximate surface area is 129 Å². The summed E-state index contributed by atoms with van der Waals surface area (Å²) >= 11 is 0. The molecule has 0 saturated heterocycles. The molecule has 4 nitrogen and oxygen atoms in total. The summed E-state index contributed by atoms with van der Waals surface area (Å²) in [6.45, 7) is 6.15. The van der Waals surface area contributed by atoms with E-state index in [-0.39, 0.29) is 0 Å². The first kappa shape index (κ1) is 17.3. The van der Waals surface area contributed by atoms with Gasteiger partial charge < -0.3 is 15.5 Å². The van der Waals surface area contributed by atoms with Gasteiger partial charge in [0.05, 0.1) is 0 Å². The number of rotatable bonds is 7. The summed E-state index contributed by atoms with van der Waals surface area (Å²) in [5, 5.41) is 6.73. The van der Waals surface area contributed by atoms with Gasteiger partial charge in [0.25, 0.3) is 0 Å². The largest absolute Gasteiger partial charge is 0.378 e. The van der Waals surface area contributed by atoms with E-state index in [9.17, 15) is 0 Å². The molecule has 1 aromatic rings. The van der Waals surface area contributed by atoms with Crippen LogP contribution in [0.25, 0.3) is 0 Å². The first-order valence-corrected chi connectivity index (χ1v) is 7.79. The number of nitrogens with zero attached hydrogens (tertiary/aromatic N) is 2. The molecule has 118 valence electrons. The number of aliphatic imine (C=N–C) groups is 1. The van der Waals surface area contributed by atoms with E-state index < -0.39 is 0 Å². The van der Waals surface area contributed by atoms with Gasteiger partial charge in [-0.05, 0) is 36.6 Å². The number of unbranched alkanes of at least 4 members (excludes halogenated alkanes) is 2. The summed E-state index contributed by atoms with van der Waals surface area (Å²) in [6, 6.07) is 6.55. The van der Waals surface area contributed by atoms with Crippen LogP contribution < -0.4 is 15.5 Å². The van der Waals surface area contributed by atoms with E-state index in [1.54, 1.807) is 0 Å². The standard InChI is InChI=1S/C17H30N4/c1-6-7-8-11-19-17(18-3)20-13-15-9-10-16(21(4)5)12-14(15)2/h9-10,12H,6-8,11,13H2,1-5H3,(H2,18,19,20). The maximum absolute atomic E-state index is 4.26. The summed E-state index contributed by atoms with van der Waals surface area (Å²) < 4.78 is 0. The molecule has 0 aliphatic carbocycles. The summed E-state index contributed by atoms with van der Waals surface area (Å²) in [5.74, 6) is 0.877. The van der Waals surface area contributed by atoms with Crippen LogP contribution in [-0.4, -0.2) is 33.6 Å². The zero-order valence-electron chi connectivity index (χ0n) is 14.2. The molecule has 0 heterocycles. The molecule has 0 aliphatic heterocycles. The van der Waals surface area contributed by atoms with Crippen molar-refractivity contribution in [3.63, 3.8) is 0 Å². The molecule has 0 aromatic heterocycles. The number of aryl methyl sites for hydroxylation is 1. The predicted molar refractivity (Wildman–Crippen MR) is 93.2 cm³/mol. The van der Waals surface area contributed by atoms with Crippen molar-refractivity contribution in [2.45, 2.75) is 39.7 Å². The van der Waals surface area contributed by atoms with Gasteiger partial charge in [-0.3, -0.25) is 4.99 Å². The van der Waals surface area contributed by atoms with E-state index in [0.717, 1.165) is 19.0 Å². The maximum Gasteiger partial charge on any atom is 0.191 e. The fraction of sp³-hybridized carbons (Fsp3) is 0.588. The van der Waals surface area contributed by atoms with E-state index in [2.05, 4.69) is 66.7 Å². The van der Waals surface area contributed by atoms with Crippen LogP contribution >= 0.6 is 0 Å². The second kappa shape index (κ2) is 9.27. The lowest BCUT2D eigenvalue weighted by Crippen LogP contribution is -2.37. The van der Waals surface area contributed by atoms with E-state index in [1.165, 1.54) is 36.1 Å². The molecule has 4 heteroatoms. The molecule has 0 aliphatic rings. The van der Waals surface area contributed by atoms with Crippen molar-refractivity contribution in [2.24, 2.45) is 4.99 Å². The Bertz CT molecular complexity index is 452. The third-order valence-corrected chi connectivity index (χ3v) is 3.59. The smallest absolute Gasteiger partial charge is 0.191 e. The van der Waals surface area contributed by atoms with Crippen LogP contribution in [0.1, 0.15) is 37.3 Å². The van der Waals surface area contributed by atoms with Crippen molar-refractivity contribution in [3.8, 4) is 0 Å². The molecule has 0 fully saturated rings. The molecule has 0 atom stereocenters. The monoisotopic (exact) mass is 290 g/mol. The third-order valence-electron chi connectivity index (χ3n) is 3.59. The highest BCUT2D eigenvalue weighted by Crippen LogP contribution is 2.17. The Morgan fingerprint density at radius 2 is 1.95 bits per heavy atom. The Kier molecular flexibility index (Phi) is 7.65. The van der Waals surface area contributed by atoms with Gasteiger partial charge in [0.1, 0.15) is 0 Å². The molecule has 1 aromatic carbocycles. The first-order valence-electron chi connectivity index (χ1n) is 7.79. The molecular formula is C17H30N4. The van der Waals surface area contributed by atoms with Crippen LogP contribution in [0.4, 0.5) is 5.69 Å². The lowest BCUT2D eigenvalue weighted by Gasteiger charge is -2.16. The predicted octanol–water partition coefficient (Wildman–Crippen LogP) is 2.92. The molecule has 0 amide bonds. The second-order valence-electron chi connectivity index (χ2n) is 5.56. The summed E-state index contributed by atoms with van der Waals surface area (Å²) in [7, 11) is 5.95. The van der Waals surface area contributed by atoms with E-state index >= 15 is 0 Å². The Morgan fingerprint density at radius 3 is 2.52 bits per heavy atom. The molecule has 2 N–H and O–H groups in total. The fourth-order valence-electron chi connectivity index (χ4n) is 2.14. The van der Waals surface area contributed by atoms with Crippen molar-refractivity contribution in [3.05, 3.63) is 29.3 Å². The van der Waals surface area contributed by atoms with Gasteiger partial charge in [0.2, 0.25) is 0 Å². The normalized spacial score (nSPS) is 11.4. The van der Waals surface area contributed by atoms with Crippen molar-refractivity contribution >= 4 is 11.6 Å². The van der Waals surface area contributed by atoms with Crippen molar-refractivity contribution in [1.29, 1.82) is 0 Å². The number of anilines is 1. The zero-order valence-corrected chi connectivity index (χ0v) is 14.2. The minimum atomic E-state index is 0.799. The number of hydrogen-bond acceptors (Lipinski definition) is 2. The summed E-state index contributed by atoms with van der Waals surface area (Å²) in [5.41, 5.74) is 3.84. The van der Waals surface area contributed by atoms with Gasteiger partial charge in [-0.2, -0.15) is 0 Å². The Hall–Kier alpha value is -1.71. The zero-order chi connectivity index (χ0) is 15.7. The lowest BCUT2D eigenvalue weighted by molar-refractivity contribution is 0.682. The third kappa shape index (κ3) is 6.06. The van der Waals surface area contributed by atoms with Gasteiger partial charge in [0.15, 0.2) is 5.96 Å². The Balaban J connectivity index is 2.49. The summed E-state index contributed by atoms with van der Waals surface area (Å²) in [4.78, 5) is 6.39. The van der Waals surface area contributed by atoms with Crippen LogP contribution in [-0.2, 0) is 6.54 Å². The number of hydrogen-bond donors (Lipinski definition) is 2. The molecule has 0 saturated carbocycles. The topological polar surface area (TPSA) is 39.7 Å². The average molecular weight is 290 g/mol. The molecule has 0 unspecified atom stereocenters. The molecule has 0 bridgehead atoms. The van der Waals surface area contributed by atoms with E-state index in [1.807, 2.05) is 7.05 Å². The molecule has 0 spiro atoms. The van der Waals surface area contributed by atoms with Gasteiger partial charge in [-0.1, -0.05) is 25.8 Å². The van der Waals surface area contributed by atoms with Gasteiger partial charge >= 0.3 is 0 Å². The van der Waals surface area contributed by atoms with Crippen LogP contribution in [0, 0.1) is 6.92 Å².